The first-order chi connectivity index (χ1) is 11.2. The van der Waals surface area contributed by atoms with E-state index in [-0.39, 0.29) is 11.8 Å². The third kappa shape index (κ3) is 3.80. The molecule has 1 aromatic carbocycles. The standard InChI is InChI=1S/C18H21N3O2/c22-17(15-9-4-11-19-15)20-16-10-13-21(18(16)23)12-5-8-14-6-2-1-3-7-14/h1-4,6-7,9,11,16,19H,5,8,10,12-13H2,(H,20,22). The Balaban J connectivity index is 1.46. The number of carbonyl (C=O) groups is 2. The average molecular weight is 311 g/mol. The topological polar surface area (TPSA) is 65.2 Å². The van der Waals surface area contributed by atoms with Crippen LogP contribution in [-0.2, 0) is 11.2 Å². The minimum Gasteiger partial charge on any atom is -0.357 e. The summed E-state index contributed by atoms with van der Waals surface area (Å²) < 4.78 is 0. The average Bonchev–Trinajstić information content (AvgIpc) is 3.21. The molecular weight excluding hydrogens is 290 g/mol. The van der Waals surface area contributed by atoms with Crippen molar-refractivity contribution in [3.8, 4) is 0 Å². The molecule has 1 aliphatic rings. The van der Waals surface area contributed by atoms with Gasteiger partial charge in [0.1, 0.15) is 11.7 Å². The minimum atomic E-state index is -0.400. The molecular formula is C18H21N3O2. The highest BCUT2D eigenvalue weighted by molar-refractivity contribution is 5.96. The van der Waals surface area contributed by atoms with Gasteiger partial charge in [0.05, 0.1) is 0 Å². The van der Waals surface area contributed by atoms with Crippen LogP contribution in [0.2, 0.25) is 0 Å². The number of aromatic amines is 1. The van der Waals surface area contributed by atoms with Crippen LogP contribution in [0.15, 0.2) is 48.7 Å². The van der Waals surface area contributed by atoms with Crippen LogP contribution in [0.5, 0.6) is 0 Å². The largest absolute Gasteiger partial charge is 0.357 e. The number of nitrogens with zero attached hydrogens (tertiary/aromatic N) is 1. The monoisotopic (exact) mass is 311 g/mol. The van der Waals surface area contributed by atoms with Crippen molar-refractivity contribution in [2.24, 2.45) is 0 Å². The Morgan fingerprint density at radius 2 is 2.04 bits per heavy atom. The third-order valence-electron chi connectivity index (χ3n) is 4.18. The lowest BCUT2D eigenvalue weighted by atomic mass is 10.1. The molecule has 2 N–H and O–H groups in total. The first-order valence-electron chi connectivity index (χ1n) is 8.01. The van der Waals surface area contributed by atoms with Gasteiger partial charge in [-0.25, -0.2) is 0 Å². The molecule has 2 aromatic rings. The maximum absolute atomic E-state index is 12.4. The van der Waals surface area contributed by atoms with Gasteiger partial charge in [-0.2, -0.15) is 0 Å². The Labute approximate surface area is 135 Å². The number of hydrogen-bond donors (Lipinski definition) is 2. The molecule has 5 nitrogen and oxygen atoms in total. The van der Waals surface area contributed by atoms with Crippen molar-refractivity contribution >= 4 is 11.8 Å². The number of H-pyrrole nitrogens is 1. The summed E-state index contributed by atoms with van der Waals surface area (Å²) >= 11 is 0. The molecule has 23 heavy (non-hydrogen) atoms. The van der Waals surface area contributed by atoms with E-state index in [1.807, 2.05) is 23.1 Å². The number of benzene rings is 1. The van der Waals surface area contributed by atoms with E-state index < -0.39 is 6.04 Å². The summed E-state index contributed by atoms with van der Waals surface area (Å²) in [4.78, 5) is 29.1. The lowest BCUT2D eigenvalue weighted by Crippen LogP contribution is -2.41. The second kappa shape index (κ2) is 7.13. The van der Waals surface area contributed by atoms with E-state index in [2.05, 4.69) is 22.4 Å². The molecule has 2 amide bonds. The van der Waals surface area contributed by atoms with Gasteiger partial charge in [0.15, 0.2) is 0 Å². The number of carbonyl (C=O) groups excluding carboxylic acids is 2. The minimum absolute atomic E-state index is 0.0259. The zero-order chi connectivity index (χ0) is 16.1. The Kier molecular flexibility index (Phi) is 4.76. The summed E-state index contributed by atoms with van der Waals surface area (Å²) in [7, 11) is 0. The summed E-state index contributed by atoms with van der Waals surface area (Å²) in [6.07, 6.45) is 4.27. The molecule has 3 rings (SSSR count). The summed E-state index contributed by atoms with van der Waals surface area (Å²) in [6, 6.07) is 13.3. The number of hydrogen-bond acceptors (Lipinski definition) is 2. The van der Waals surface area contributed by atoms with Crippen LogP contribution >= 0.6 is 0 Å². The van der Waals surface area contributed by atoms with Gasteiger partial charge in [0.25, 0.3) is 5.91 Å². The van der Waals surface area contributed by atoms with Crippen molar-refractivity contribution in [1.82, 2.24) is 15.2 Å². The van der Waals surface area contributed by atoms with Crippen molar-refractivity contribution in [2.45, 2.75) is 25.3 Å². The molecule has 0 bridgehead atoms. The number of aryl methyl sites for hydroxylation is 1. The number of rotatable bonds is 6. The maximum atomic E-state index is 12.4. The highest BCUT2D eigenvalue weighted by atomic mass is 16.2. The molecule has 0 spiro atoms. The molecule has 1 atom stereocenters. The highest BCUT2D eigenvalue weighted by Gasteiger charge is 2.32. The predicted octanol–water partition coefficient (Wildman–Crippen LogP) is 1.98. The van der Waals surface area contributed by atoms with Crippen molar-refractivity contribution in [2.75, 3.05) is 13.1 Å². The van der Waals surface area contributed by atoms with Crippen LogP contribution in [0.25, 0.3) is 0 Å². The van der Waals surface area contributed by atoms with Crippen LogP contribution < -0.4 is 5.32 Å². The van der Waals surface area contributed by atoms with Gasteiger partial charge < -0.3 is 15.2 Å². The molecule has 1 saturated heterocycles. The highest BCUT2D eigenvalue weighted by Crippen LogP contribution is 2.13. The molecule has 120 valence electrons. The molecule has 0 aliphatic carbocycles. The lowest BCUT2D eigenvalue weighted by Gasteiger charge is -2.17. The summed E-state index contributed by atoms with van der Waals surface area (Å²) in [5.41, 5.74) is 1.77. The van der Waals surface area contributed by atoms with Gasteiger partial charge in [0.2, 0.25) is 5.91 Å². The quantitative estimate of drug-likeness (QED) is 0.857. The summed E-state index contributed by atoms with van der Waals surface area (Å²) in [5, 5.41) is 2.81. The van der Waals surface area contributed by atoms with E-state index in [1.165, 1.54) is 5.56 Å². The lowest BCUT2D eigenvalue weighted by molar-refractivity contribution is -0.129. The molecule has 1 aliphatic heterocycles. The molecule has 1 fully saturated rings. The zero-order valence-corrected chi connectivity index (χ0v) is 13.0. The third-order valence-corrected chi connectivity index (χ3v) is 4.18. The van der Waals surface area contributed by atoms with Gasteiger partial charge in [0, 0.05) is 19.3 Å². The van der Waals surface area contributed by atoms with E-state index in [0.717, 1.165) is 19.4 Å². The fourth-order valence-corrected chi connectivity index (χ4v) is 2.92. The fourth-order valence-electron chi connectivity index (χ4n) is 2.92. The number of amides is 2. The molecule has 1 aromatic heterocycles. The Morgan fingerprint density at radius 3 is 2.78 bits per heavy atom. The molecule has 0 saturated carbocycles. The van der Waals surface area contributed by atoms with E-state index in [1.54, 1.807) is 18.3 Å². The second-order valence-electron chi connectivity index (χ2n) is 5.81. The summed E-state index contributed by atoms with van der Waals surface area (Å²) in [6.45, 7) is 1.45. The molecule has 0 radical (unpaired) electrons. The molecule has 5 heteroatoms. The number of aromatic nitrogens is 1. The number of likely N-dealkylation sites (tertiary alicyclic amines) is 1. The SMILES string of the molecule is O=C(NC1CCN(CCCc2ccccc2)C1=O)c1ccc[nH]1. The van der Waals surface area contributed by atoms with Crippen LogP contribution in [-0.4, -0.2) is 40.8 Å². The molecule has 2 heterocycles. The van der Waals surface area contributed by atoms with E-state index >= 15 is 0 Å². The Hall–Kier alpha value is -2.56. The molecule has 1 unspecified atom stereocenters. The van der Waals surface area contributed by atoms with E-state index in [0.29, 0.717) is 18.7 Å². The number of nitrogens with one attached hydrogen (secondary N) is 2. The zero-order valence-electron chi connectivity index (χ0n) is 13.0. The van der Waals surface area contributed by atoms with Crippen molar-refractivity contribution < 1.29 is 9.59 Å². The van der Waals surface area contributed by atoms with E-state index in [9.17, 15) is 9.59 Å². The van der Waals surface area contributed by atoms with E-state index in [4.69, 9.17) is 0 Å². The van der Waals surface area contributed by atoms with Crippen LogP contribution in [0.3, 0.4) is 0 Å². The van der Waals surface area contributed by atoms with Crippen LogP contribution in [0.4, 0.5) is 0 Å². The Bertz CT molecular complexity index is 652. The maximum Gasteiger partial charge on any atom is 0.268 e. The first-order valence-corrected chi connectivity index (χ1v) is 8.01. The predicted molar refractivity (Wildman–Crippen MR) is 88.0 cm³/mol. The smallest absolute Gasteiger partial charge is 0.268 e. The van der Waals surface area contributed by atoms with Gasteiger partial charge in [-0.15, -0.1) is 0 Å². The van der Waals surface area contributed by atoms with Crippen molar-refractivity contribution in [3.63, 3.8) is 0 Å². The van der Waals surface area contributed by atoms with Gasteiger partial charge in [-0.3, -0.25) is 9.59 Å². The van der Waals surface area contributed by atoms with Crippen LogP contribution in [0, 0.1) is 0 Å². The normalized spacial score (nSPS) is 17.5. The van der Waals surface area contributed by atoms with Gasteiger partial charge in [-0.05, 0) is 37.0 Å². The second-order valence-corrected chi connectivity index (χ2v) is 5.81. The van der Waals surface area contributed by atoms with Gasteiger partial charge >= 0.3 is 0 Å². The Morgan fingerprint density at radius 1 is 1.22 bits per heavy atom. The van der Waals surface area contributed by atoms with Crippen LogP contribution in [0.1, 0.15) is 28.9 Å². The summed E-state index contributed by atoms with van der Waals surface area (Å²) in [5.74, 6) is -0.197. The van der Waals surface area contributed by atoms with Crippen molar-refractivity contribution in [3.05, 3.63) is 59.9 Å². The first kappa shape index (κ1) is 15.3. The van der Waals surface area contributed by atoms with Crippen molar-refractivity contribution in [1.29, 1.82) is 0 Å². The fraction of sp³-hybridized carbons (Fsp3) is 0.333. The van der Waals surface area contributed by atoms with Gasteiger partial charge in [-0.1, -0.05) is 30.3 Å².